The fourth-order valence-corrected chi connectivity index (χ4v) is 3.26. The summed E-state index contributed by atoms with van der Waals surface area (Å²) in [7, 11) is 1.95. The lowest BCUT2D eigenvalue weighted by Gasteiger charge is -2.19. The molecule has 3 nitrogen and oxygen atoms in total. The Balaban J connectivity index is 1.64. The van der Waals surface area contributed by atoms with Gasteiger partial charge in [-0.2, -0.15) is 0 Å². The van der Waals surface area contributed by atoms with E-state index in [0.29, 0.717) is 11.9 Å². The SMILES string of the molecule is CN1C(=O)C(CC2=CCNC=C2)C[C@@H]1Cc1ccccc1. The number of hydrogen-bond acceptors (Lipinski definition) is 2. The third-order valence-corrected chi connectivity index (χ3v) is 4.49. The van der Waals surface area contributed by atoms with Crippen molar-refractivity contribution in [2.75, 3.05) is 13.6 Å². The number of nitrogens with one attached hydrogen (secondary N) is 1. The van der Waals surface area contributed by atoms with Gasteiger partial charge in [-0.3, -0.25) is 4.79 Å². The van der Waals surface area contributed by atoms with Crippen LogP contribution in [0.4, 0.5) is 0 Å². The summed E-state index contributed by atoms with van der Waals surface area (Å²) in [6.07, 6.45) is 9.02. The van der Waals surface area contributed by atoms with Crippen LogP contribution in [0.5, 0.6) is 0 Å². The van der Waals surface area contributed by atoms with Crippen molar-refractivity contribution in [1.29, 1.82) is 0 Å². The molecule has 1 N–H and O–H groups in total. The van der Waals surface area contributed by atoms with Gasteiger partial charge < -0.3 is 10.2 Å². The lowest BCUT2D eigenvalue weighted by Crippen LogP contribution is -2.31. The Labute approximate surface area is 126 Å². The minimum absolute atomic E-state index is 0.137. The standard InChI is InChI=1S/C18H22N2O/c1-20-17(12-14-5-3-2-4-6-14)13-16(18(20)21)11-15-7-9-19-10-8-15/h2-9,16-17,19H,10-13H2,1H3/t16?,17-/m0/s1. The van der Waals surface area contributed by atoms with Gasteiger partial charge in [0.15, 0.2) is 0 Å². The van der Waals surface area contributed by atoms with Crippen molar-refractivity contribution in [2.24, 2.45) is 5.92 Å². The molecule has 3 rings (SSSR count). The van der Waals surface area contributed by atoms with Gasteiger partial charge in [0.2, 0.25) is 5.91 Å². The van der Waals surface area contributed by atoms with E-state index in [2.05, 4.69) is 41.7 Å². The Bertz CT molecular complexity index is 562. The summed E-state index contributed by atoms with van der Waals surface area (Å²) < 4.78 is 0. The van der Waals surface area contributed by atoms with E-state index in [1.807, 2.05) is 24.2 Å². The number of likely N-dealkylation sites (tertiary alicyclic amines) is 1. The molecule has 110 valence electrons. The molecule has 2 atom stereocenters. The van der Waals surface area contributed by atoms with E-state index in [9.17, 15) is 4.79 Å². The number of amides is 1. The van der Waals surface area contributed by atoms with Crippen molar-refractivity contribution in [3.63, 3.8) is 0 Å². The van der Waals surface area contributed by atoms with Crippen molar-refractivity contribution >= 4 is 5.91 Å². The average molecular weight is 282 g/mol. The van der Waals surface area contributed by atoms with Gasteiger partial charge in [-0.15, -0.1) is 0 Å². The van der Waals surface area contributed by atoms with Gasteiger partial charge in [0, 0.05) is 25.6 Å². The molecule has 2 aliphatic heterocycles. The molecule has 1 fully saturated rings. The van der Waals surface area contributed by atoms with Crippen LogP contribution in [-0.2, 0) is 11.2 Å². The number of nitrogens with zero attached hydrogens (tertiary/aromatic N) is 1. The highest BCUT2D eigenvalue weighted by atomic mass is 16.2. The van der Waals surface area contributed by atoms with Crippen LogP contribution in [0.2, 0.25) is 0 Å². The molecule has 1 saturated heterocycles. The second-order valence-electron chi connectivity index (χ2n) is 5.95. The highest BCUT2D eigenvalue weighted by molar-refractivity contribution is 5.81. The van der Waals surface area contributed by atoms with Crippen molar-refractivity contribution in [3.8, 4) is 0 Å². The maximum absolute atomic E-state index is 12.4. The number of dihydropyridines is 1. The van der Waals surface area contributed by atoms with Crippen LogP contribution < -0.4 is 5.32 Å². The number of rotatable bonds is 4. The zero-order valence-corrected chi connectivity index (χ0v) is 12.5. The molecule has 2 aliphatic rings. The first-order valence-electron chi connectivity index (χ1n) is 7.63. The average Bonchev–Trinajstić information content (AvgIpc) is 2.78. The molecule has 1 amide bonds. The van der Waals surface area contributed by atoms with Crippen LogP contribution in [0, 0.1) is 5.92 Å². The fraction of sp³-hybridized carbons (Fsp3) is 0.389. The Morgan fingerprint density at radius 2 is 2.05 bits per heavy atom. The molecule has 0 radical (unpaired) electrons. The summed E-state index contributed by atoms with van der Waals surface area (Å²) in [4.78, 5) is 14.4. The van der Waals surface area contributed by atoms with Crippen molar-refractivity contribution < 1.29 is 4.79 Å². The third kappa shape index (κ3) is 3.18. The number of hydrogen-bond donors (Lipinski definition) is 1. The van der Waals surface area contributed by atoms with Crippen LogP contribution in [0.15, 0.2) is 54.3 Å². The van der Waals surface area contributed by atoms with E-state index in [4.69, 9.17) is 0 Å². The zero-order valence-electron chi connectivity index (χ0n) is 12.5. The van der Waals surface area contributed by atoms with Gasteiger partial charge in [-0.05, 0) is 42.7 Å². The summed E-state index contributed by atoms with van der Waals surface area (Å²) >= 11 is 0. The van der Waals surface area contributed by atoms with Crippen LogP contribution in [0.1, 0.15) is 18.4 Å². The summed E-state index contributed by atoms with van der Waals surface area (Å²) in [5.41, 5.74) is 2.59. The molecule has 0 bridgehead atoms. The van der Waals surface area contributed by atoms with E-state index < -0.39 is 0 Å². The van der Waals surface area contributed by atoms with Gasteiger partial charge in [0.1, 0.15) is 0 Å². The molecule has 0 aliphatic carbocycles. The molecule has 2 heterocycles. The van der Waals surface area contributed by atoms with Gasteiger partial charge in [0.25, 0.3) is 0 Å². The van der Waals surface area contributed by atoms with Crippen molar-refractivity contribution in [1.82, 2.24) is 10.2 Å². The molecular weight excluding hydrogens is 260 g/mol. The molecular formula is C18H22N2O. The number of carbonyl (C=O) groups is 1. The summed E-state index contributed by atoms with van der Waals surface area (Å²) in [5.74, 6) is 0.432. The van der Waals surface area contributed by atoms with E-state index in [0.717, 1.165) is 25.8 Å². The lowest BCUT2D eigenvalue weighted by atomic mass is 9.93. The third-order valence-electron chi connectivity index (χ3n) is 4.49. The minimum atomic E-state index is 0.137. The number of carbonyl (C=O) groups excluding carboxylic acids is 1. The Kier molecular flexibility index (Phi) is 4.09. The highest BCUT2D eigenvalue weighted by Crippen LogP contribution is 2.30. The second-order valence-corrected chi connectivity index (χ2v) is 5.95. The first kappa shape index (κ1) is 13.9. The van der Waals surface area contributed by atoms with Gasteiger partial charge >= 0.3 is 0 Å². The number of benzene rings is 1. The quantitative estimate of drug-likeness (QED) is 0.920. The van der Waals surface area contributed by atoms with Crippen LogP contribution in [0.25, 0.3) is 0 Å². The Morgan fingerprint density at radius 3 is 2.76 bits per heavy atom. The monoisotopic (exact) mass is 282 g/mol. The van der Waals surface area contributed by atoms with Crippen LogP contribution in [-0.4, -0.2) is 30.4 Å². The molecule has 0 spiro atoms. The maximum Gasteiger partial charge on any atom is 0.226 e. The van der Waals surface area contributed by atoms with Gasteiger partial charge in [-0.1, -0.05) is 36.4 Å². The molecule has 21 heavy (non-hydrogen) atoms. The topological polar surface area (TPSA) is 32.3 Å². The molecule has 1 aromatic rings. The van der Waals surface area contributed by atoms with Gasteiger partial charge in [0.05, 0.1) is 0 Å². The van der Waals surface area contributed by atoms with Crippen molar-refractivity contribution in [3.05, 3.63) is 59.8 Å². The normalized spacial score (nSPS) is 24.9. The Hall–Kier alpha value is -2.03. The smallest absolute Gasteiger partial charge is 0.226 e. The molecule has 0 aromatic heterocycles. The fourth-order valence-electron chi connectivity index (χ4n) is 3.26. The first-order valence-corrected chi connectivity index (χ1v) is 7.63. The number of allylic oxidation sites excluding steroid dienone is 2. The van der Waals surface area contributed by atoms with E-state index in [-0.39, 0.29) is 5.92 Å². The van der Waals surface area contributed by atoms with Crippen molar-refractivity contribution in [2.45, 2.75) is 25.3 Å². The predicted molar refractivity (Wildman–Crippen MR) is 84.7 cm³/mol. The van der Waals surface area contributed by atoms with Crippen LogP contribution >= 0.6 is 0 Å². The second kappa shape index (κ2) is 6.17. The minimum Gasteiger partial charge on any atom is -0.387 e. The maximum atomic E-state index is 12.4. The molecule has 3 heteroatoms. The molecule has 1 aromatic carbocycles. The summed E-state index contributed by atoms with van der Waals surface area (Å²) in [5, 5.41) is 3.15. The zero-order chi connectivity index (χ0) is 14.7. The number of likely N-dealkylation sites (N-methyl/N-ethyl adjacent to an activating group) is 1. The highest BCUT2D eigenvalue weighted by Gasteiger charge is 2.36. The first-order chi connectivity index (χ1) is 10.2. The van der Waals surface area contributed by atoms with E-state index in [1.54, 1.807) is 0 Å². The van der Waals surface area contributed by atoms with Gasteiger partial charge in [-0.25, -0.2) is 0 Å². The summed E-state index contributed by atoms with van der Waals surface area (Å²) in [6.45, 7) is 0.871. The lowest BCUT2D eigenvalue weighted by molar-refractivity contribution is -0.130. The van der Waals surface area contributed by atoms with Crippen LogP contribution in [0.3, 0.4) is 0 Å². The van der Waals surface area contributed by atoms with E-state index >= 15 is 0 Å². The molecule has 0 saturated carbocycles. The molecule has 1 unspecified atom stereocenters. The Morgan fingerprint density at radius 1 is 1.24 bits per heavy atom. The largest absolute Gasteiger partial charge is 0.387 e. The predicted octanol–water partition coefficient (Wildman–Crippen LogP) is 2.51. The van der Waals surface area contributed by atoms with E-state index in [1.165, 1.54) is 11.1 Å². The summed E-state index contributed by atoms with van der Waals surface area (Å²) in [6, 6.07) is 10.8.